The van der Waals surface area contributed by atoms with E-state index in [1.54, 1.807) is 7.11 Å². The van der Waals surface area contributed by atoms with Gasteiger partial charge in [-0.25, -0.2) is 0 Å². The van der Waals surface area contributed by atoms with Crippen molar-refractivity contribution < 1.29 is 4.74 Å². The Morgan fingerprint density at radius 1 is 1.44 bits per heavy atom. The Hall–Kier alpha value is -0.910. The minimum absolute atomic E-state index is 0.183. The standard InChI is InChI=1S/C13H26N4O/c1-10(2)17-8-12(7-15-17)13(6-14)16(4)11(3)9-18-5/h7-8,10-11,13H,6,9,14H2,1-5H3. The highest BCUT2D eigenvalue weighted by Crippen LogP contribution is 2.21. The average molecular weight is 254 g/mol. The Morgan fingerprint density at radius 3 is 2.56 bits per heavy atom. The lowest BCUT2D eigenvalue weighted by Gasteiger charge is -2.31. The zero-order valence-corrected chi connectivity index (χ0v) is 12.1. The summed E-state index contributed by atoms with van der Waals surface area (Å²) < 4.78 is 7.16. The molecule has 0 fully saturated rings. The molecule has 0 aliphatic carbocycles. The molecule has 104 valence electrons. The molecule has 0 saturated carbocycles. The van der Waals surface area contributed by atoms with Crippen molar-refractivity contribution in [3.8, 4) is 0 Å². The van der Waals surface area contributed by atoms with E-state index in [0.717, 1.165) is 5.56 Å². The smallest absolute Gasteiger partial charge is 0.0615 e. The van der Waals surface area contributed by atoms with Gasteiger partial charge in [-0.1, -0.05) is 0 Å². The molecule has 0 aliphatic heterocycles. The second kappa shape index (κ2) is 6.87. The molecule has 0 saturated heterocycles. The number of likely N-dealkylation sites (N-methyl/N-ethyl adjacent to an activating group) is 1. The monoisotopic (exact) mass is 254 g/mol. The van der Waals surface area contributed by atoms with Crippen LogP contribution in [0.4, 0.5) is 0 Å². The summed E-state index contributed by atoms with van der Waals surface area (Å²) in [7, 11) is 3.80. The van der Waals surface area contributed by atoms with Crippen LogP contribution in [-0.2, 0) is 4.74 Å². The summed E-state index contributed by atoms with van der Waals surface area (Å²) in [6.07, 6.45) is 3.99. The first-order valence-corrected chi connectivity index (χ1v) is 6.46. The second-order valence-corrected chi connectivity index (χ2v) is 5.07. The number of aromatic nitrogens is 2. The molecule has 0 bridgehead atoms. The minimum Gasteiger partial charge on any atom is -0.383 e. The number of nitrogens with two attached hydrogens (primary N) is 1. The topological polar surface area (TPSA) is 56.3 Å². The lowest BCUT2D eigenvalue weighted by Crippen LogP contribution is -2.39. The van der Waals surface area contributed by atoms with Crippen LogP contribution in [-0.4, -0.2) is 48.0 Å². The van der Waals surface area contributed by atoms with E-state index in [2.05, 4.69) is 44.0 Å². The van der Waals surface area contributed by atoms with E-state index in [1.165, 1.54) is 0 Å². The van der Waals surface area contributed by atoms with Crippen LogP contribution in [0, 0.1) is 0 Å². The van der Waals surface area contributed by atoms with Gasteiger partial charge in [-0.2, -0.15) is 5.10 Å². The molecule has 1 aromatic rings. The number of ether oxygens (including phenoxy) is 1. The van der Waals surface area contributed by atoms with Gasteiger partial charge < -0.3 is 10.5 Å². The first kappa shape index (κ1) is 15.1. The van der Waals surface area contributed by atoms with Gasteiger partial charge in [0.15, 0.2) is 0 Å². The van der Waals surface area contributed by atoms with Crippen LogP contribution in [0.15, 0.2) is 12.4 Å². The normalized spacial score (nSPS) is 15.3. The summed E-state index contributed by atoms with van der Waals surface area (Å²) in [5.41, 5.74) is 7.07. The highest BCUT2D eigenvalue weighted by atomic mass is 16.5. The molecule has 2 atom stereocenters. The zero-order chi connectivity index (χ0) is 13.7. The van der Waals surface area contributed by atoms with Crippen molar-refractivity contribution in [1.29, 1.82) is 0 Å². The number of methoxy groups -OCH3 is 1. The number of nitrogens with zero attached hydrogens (tertiary/aromatic N) is 3. The first-order chi connectivity index (χ1) is 8.51. The maximum atomic E-state index is 5.91. The van der Waals surface area contributed by atoms with Crippen molar-refractivity contribution in [2.45, 2.75) is 38.9 Å². The fraction of sp³-hybridized carbons (Fsp3) is 0.769. The molecular formula is C13H26N4O. The molecule has 1 aromatic heterocycles. The Morgan fingerprint density at radius 2 is 2.11 bits per heavy atom. The van der Waals surface area contributed by atoms with Crippen LogP contribution < -0.4 is 5.73 Å². The summed E-state index contributed by atoms with van der Waals surface area (Å²) in [6, 6.07) is 0.882. The maximum Gasteiger partial charge on any atom is 0.0615 e. The predicted octanol–water partition coefficient (Wildman–Crippen LogP) is 1.43. The van der Waals surface area contributed by atoms with Crippen molar-refractivity contribution in [3.63, 3.8) is 0 Å². The fourth-order valence-electron chi connectivity index (χ4n) is 2.01. The third-order valence-corrected chi connectivity index (χ3v) is 3.35. The third kappa shape index (κ3) is 3.54. The molecular weight excluding hydrogens is 228 g/mol. The predicted molar refractivity (Wildman–Crippen MR) is 73.5 cm³/mol. The molecule has 1 rings (SSSR count). The molecule has 0 spiro atoms. The van der Waals surface area contributed by atoms with Crippen molar-refractivity contribution in [2.75, 3.05) is 27.3 Å². The van der Waals surface area contributed by atoms with Crippen LogP contribution in [0.2, 0.25) is 0 Å². The van der Waals surface area contributed by atoms with Gasteiger partial charge in [-0.3, -0.25) is 9.58 Å². The summed E-state index contributed by atoms with van der Waals surface area (Å²) in [5, 5.41) is 4.38. The van der Waals surface area contributed by atoms with Gasteiger partial charge in [-0.15, -0.1) is 0 Å². The van der Waals surface area contributed by atoms with Crippen LogP contribution in [0.3, 0.4) is 0 Å². The molecule has 2 unspecified atom stereocenters. The molecule has 18 heavy (non-hydrogen) atoms. The van der Waals surface area contributed by atoms with E-state index in [-0.39, 0.29) is 6.04 Å². The number of hydrogen-bond donors (Lipinski definition) is 1. The highest BCUT2D eigenvalue weighted by Gasteiger charge is 2.21. The van der Waals surface area contributed by atoms with Crippen molar-refractivity contribution in [1.82, 2.24) is 14.7 Å². The average Bonchev–Trinajstić information content (AvgIpc) is 2.79. The lowest BCUT2D eigenvalue weighted by atomic mass is 10.1. The van der Waals surface area contributed by atoms with Crippen LogP contribution in [0.5, 0.6) is 0 Å². The number of hydrogen-bond acceptors (Lipinski definition) is 4. The molecule has 0 amide bonds. The Labute approximate surface area is 110 Å². The second-order valence-electron chi connectivity index (χ2n) is 5.07. The van der Waals surface area contributed by atoms with E-state index < -0.39 is 0 Å². The molecule has 5 nitrogen and oxygen atoms in total. The van der Waals surface area contributed by atoms with Gasteiger partial charge in [0.25, 0.3) is 0 Å². The molecule has 0 radical (unpaired) electrons. The van der Waals surface area contributed by atoms with E-state index in [0.29, 0.717) is 25.2 Å². The highest BCUT2D eigenvalue weighted by molar-refractivity contribution is 5.12. The molecule has 0 aromatic carbocycles. The van der Waals surface area contributed by atoms with Crippen molar-refractivity contribution >= 4 is 0 Å². The van der Waals surface area contributed by atoms with Gasteiger partial charge in [0, 0.05) is 37.5 Å². The van der Waals surface area contributed by atoms with E-state index in [9.17, 15) is 0 Å². The molecule has 1 heterocycles. The van der Waals surface area contributed by atoms with Crippen LogP contribution >= 0.6 is 0 Å². The van der Waals surface area contributed by atoms with Gasteiger partial charge in [0.05, 0.1) is 18.8 Å². The van der Waals surface area contributed by atoms with Crippen LogP contribution in [0.1, 0.15) is 38.4 Å². The zero-order valence-electron chi connectivity index (χ0n) is 12.1. The van der Waals surface area contributed by atoms with E-state index in [4.69, 9.17) is 10.5 Å². The minimum atomic E-state index is 0.183. The molecule has 0 aliphatic rings. The van der Waals surface area contributed by atoms with Gasteiger partial charge in [0.1, 0.15) is 0 Å². The van der Waals surface area contributed by atoms with Gasteiger partial charge >= 0.3 is 0 Å². The number of rotatable bonds is 7. The summed E-state index contributed by atoms with van der Waals surface area (Å²) in [4.78, 5) is 2.24. The van der Waals surface area contributed by atoms with E-state index in [1.807, 2.05) is 10.9 Å². The van der Waals surface area contributed by atoms with Gasteiger partial charge in [0.2, 0.25) is 0 Å². The third-order valence-electron chi connectivity index (χ3n) is 3.35. The quantitative estimate of drug-likeness (QED) is 0.800. The Kier molecular flexibility index (Phi) is 5.78. The Balaban J connectivity index is 2.81. The van der Waals surface area contributed by atoms with E-state index >= 15 is 0 Å². The summed E-state index contributed by atoms with van der Waals surface area (Å²) in [6.45, 7) is 7.65. The van der Waals surface area contributed by atoms with Crippen LogP contribution in [0.25, 0.3) is 0 Å². The summed E-state index contributed by atoms with van der Waals surface area (Å²) >= 11 is 0. The lowest BCUT2D eigenvalue weighted by molar-refractivity contribution is 0.0910. The molecule has 2 N–H and O–H groups in total. The van der Waals surface area contributed by atoms with Crippen molar-refractivity contribution in [2.24, 2.45) is 5.73 Å². The van der Waals surface area contributed by atoms with Gasteiger partial charge in [-0.05, 0) is 27.8 Å². The maximum absolute atomic E-state index is 5.91. The summed E-state index contributed by atoms with van der Waals surface area (Å²) in [5.74, 6) is 0. The SMILES string of the molecule is COCC(C)N(C)C(CN)c1cnn(C(C)C)c1. The van der Waals surface area contributed by atoms with Crippen molar-refractivity contribution in [3.05, 3.63) is 18.0 Å². The Bertz CT molecular complexity index is 351. The largest absolute Gasteiger partial charge is 0.383 e. The molecule has 5 heteroatoms. The first-order valence-electron chi connectivity index (χ1n) is 6.46. The fourth-order valence-corrected chi connectivity index (χ4v) is 2.01.